The molecule has 122 valence electrons. The molecule has 0 saturated carbocycles. The lowest BCUT2D eigenvalue weighted by Crippen LogP contribution is -2.30. The fraction of sp³-hybridized carbons (Fsp3) is 0.333. The van der Waals surface area contributed by atoms with Crippen molar-refractivity contribution < 1.29 is 18.7 Å². The molecule has 0 saturated heterocycles. The standard InChI is InChI=1S/C18H21NO4/c1-4-12(2)14-8-5-6-9-15(14)19-17(20)13(3)23-18(21)16-10-7-11-22-16/h5-13H,4H2,1-3H3,(H,19,20)/t12-,13+/m1/s1. The summed E-state index contributed by atoms with van der Waals surface area (Å²) in [6.45, 7) is 5.73. The van der Waals surface area contributed by atoms with Gasteiger partial charge in [-0.15, -0.1) is 0 Å². The predicted molar refractivity (Wildman–Crippen MR) is 87.4 cm³/mol. The number of carbonyl (C=O) groups is 2. The third kappa shape index (κ3) is 4.22. The normalized spacial score (nSPS) is 13.2. The summed E-state index contributed by atoms with van der Waals surface area (Å²) in [6, 6.07) is 10.7. The zero-order valence-electron chi connectivity index (χ0n) is 13.5. The summed E-state index contributed by atoms with van der Waals surface area (Å²) in [5.74, 6) is -0.634. The second-order valence-corrected chi connectivity index (χ2v) is 5.41. The van der Waals surface area contributed by atoms with Gasteiger partial charge in [0.25, 0.3) is 5.91 Å². The molecule has 0 aliphatic rings. The first-order valence-electron chi connectivity index (χ1n) is 7.67. The largest absolute Gasteiger partial charge is 0.457 e. The molecule has 5 nitrogen and oxygen atoms in total. The van der Waals surface area contributed by atoms with E-state index in [1.54, 1.807) is 6.07 Å². The Morgan fingerprint density at radius 3 is 2.57 bits per heavy atom. The highest BCUT2D eigenvalue weighted by atomic mass is 16.6. The van der Waals surface area contributed by atoms with Gasteiger partial charge in [-0.25, -0.2) is 4.79 Å². The van der Waals surface area contributed by atoms with Crippen LogP contribution in [0.5, 0.6) is 0 Å². The molecule has 1 aromatic heterocycles. The van der Waals surface area contributed by atoms with Crippen LogP contribution >= 0.6 is 0 Å². The van der Waals surface area contributed by atoms with Crippen molar-refractivity contribution in [2.45, 2.75) is 39.2 Å². The van der Waals surface area contributed by atoms with Gasteiger partial charge in [-0.3, -0.25) is 4.79 Å². The summed E-state index contributed by atoms with van der Waals surface area (Å²) in [7, 11) is 0. The number of ether oxygens (including phenoxy) is 1. The van der Waals surface area contributed by atoms with Crippen LogP contribution in [0.15, 0.2) is 47.1 Å². The van der Waals surface area contributed by atoms with E-state index in [4.69, 9.17) is 9.15 Å². The van der Waals surface area contributed by atoms with Gasteiger partial charge >= 0.3 is 5.97 Å². The first kappa shape index (κ1) is 16.8. The summed E-state index contributed by atoms with van der Waals surface area (Å²) >= 11 is 0. The molecule has 1 heterocycles. The van der Waals surface area contributed by atoms with Crippen LogP contribution in [0.4, 0.5) is 5.69 Å². The van der Waals surface area contributed by atoms with Crippen LogP contribution in [-0.4, -0.2) is 18.0 Å². The Balaban J connectivity index is 2.03. The topological polar surface area (TPSA) is 68.5 Å². The summed E-state index contributed by atoms with van der Waals surface area (Å²) < 4.78 is 10.1. The summed E-state index contributed by atoms with van der Waals surface area (Å²) in [6.07, 6.45) is 1.43. The monoisotopic (exact) mass is 315 g/mol. The molecule has 1 aromatic carbocycles. The van der Waals surface area contributed by atoms with Crippen LogP contribution in [0.1, 0.15) is 49.2 Å². The minimum Gasteiger partial charge on any atom is -0.457 e. The van der Waals surface area contributed by atoms with Crippen LogP contribution in [0.25, 0.3) is 0 Å². The van der Waals surface area contributed by atoms with E-state index in [2.05, 4.69) is 19.2 Å². The average molecular weight is 315 g/mol. The molecule has 23 heavy (non-hydrogen) atoms. The Kier molecular flexibility index (Phi) is 5.57. The Morgan fingerprint density at radius 2 is 1.91 bits per heavy atom. The minimum atomic E-state index is -0.919. The predicted octanol–water partition coefficient (Wildman–Crippen LogP) is 3.98. The van der Waals surface area contributed by atoms with Gasteiger partial charge in [0.15, 0.2) is 6.10 Å². The summed E-state index contributed by atoms with van der Waals surface area (Å²) in [5, 5.41) is 2.83. The molecule has 1 N–H and O–H groups in total. The molecule has 0 aliphatic carbocycles. The van der Waals surface area contributed by atoms with Gasteiger partial charge < -0.3 is 14.5 Å². The van der Waals surface area contributed by atoms with E-state index in [9.17, 15) is 9.59 Å². The Bertz CT molecular complexity index is 663. The molecule has 1 amide bonds. The van der Waals surface area contributed by atoms with E-state index in [0.717, 1.165) is 17.7 Å². The Labute approximate surface area is 135 Å². The number of hydrogen-bond donors (Lipinski definition) is 1. The molecule has 0 bridgehead atoms. The Hall–Kier alpha value is -2.56. The number of carbonyl (C=O) groups excluding carboxylic acids is 2. The van der Waals surface area contributed by atoms with Crippen molar-refractivity contribution in [3.63, 3.8) is 0 Å². The van der Waals surface area contributed by atoms with Crippen molar-refractivity contribution in [3.8, 4) is 0 Å². The molecule has 0 radical (unpaired) electrons. The lowest BCUT2D eigenvalue weighted by molar-refractivity contribution is -0.123. The molecule has 2 rings (SSSR count). The number of amides is 1. The maximum absolute atomic E-state index is 12.3. The van der Waals surface area contributed by atoms with Crippen LogP contribution in [0.2, 0.25) is 0 Å². The minimum absolute atomic E-state index is 0.0738. The fourth-order valence-corrected chi connectivity index (χ4v) is 2.16. The highest BCUT2D eigenvalue weighted by Crippen LogP contribution is 2.26. The zero-order valence-corrected chi connectivity index (χ0v) is 13.5. The SMILES string of the molecule is CC[C@@H](C)c1ccccc1NC(=O)[C@H](C)OC(=O)c1ccco1. The molecular weight excluding hydrogens is 294 g/mol. The van der Waals surface area contributed by atoms with Crippen molar-refractivity contribution in [3.05, 3.63) is 54.0 Å². The highest BCUT2D eigenvalue weighted by molar-refractivity contribution is 5.97. The number of furan rings is 1. The molecule has 0 spiro atoms. The summed E-state index contributed by atoms with van der Waals surface area (Å²) in [5.41, 5.74) is 1.81. The van der Waals surface area contributed by atoms with Gasteiger partial charge in [0, 0.05) is 5.69 Å². The van der Waals surface area contributed by atoms with Crippen LogP contribution in [-0.2, 0) is 9.53 Å². The number of nitrogens with one attached hydrogen (secondary N) is 1. The van der Waals surface area contributed by atoms with Crippen LogP contribution in [0.3, 0.4) is 0 Å². The highest BCUT2D eigenvalue weighted by Gasteiger charge is 2.21. The number of hydrogen-bond acceptors (Lipinski definition) is 4. The van der Waals surface area contributed by atoms with E-state index in [-0.39, 0.29) is 11.7 Å². The molecule has 2 atom stereocenters. The lowest BCUT2D eigenvalue weighted by atomic mass is 9.97. The second-order valence-electron chi connectivity index (χ2n) is 5.41. The van der Waals surface area contributed by atoms with Gasteiger partial charge in [-0.05, 0) is 43.0 Å². The quantitative estimate of drug-likeness (QED) is 0.819. The zero-order chi connectivity index (χ0) is 16.8. The molecule has 0 aliphatic heterocycles. The number of para-hydroxylation sites is 1. The molecule has 2 aromatic rings. The van der Waals surface area contributed by atoms with Crippen molar-refractivity contribution in [1.82, 2.24) is 0 Å². The van der Waals surface area contributed by atoms with Crippen molar-refractivity contribution >= 4 is 17.6 Å². The first-order valence-corrected chi connectivity index (χ1v) is 7.67. The van der Waals surface area contributed by atoms with Crippen LogP contribution < -0.4 is 5.32 Å². The molecule has 0 fully saturated rings. The van der Waals surface area contributed by atoms with Crippen molar-refractivity contribution in [2.24, 2.45) is 0 Å². The van der Waals surface area contributed by atoms with Crippen LogP contribution in [0, 0.1) is 0 Å². The van der Waals surface area contributed by atoms with Gasteiger partial charge in [-0.2, -0.15) is 0 Å². The third-order valence-corrected chi connectivity index (χ3v) is 3.74. The van der Waals surface area contributed by atoms with Crippen molar-refractivity contribution in [1.29, 1.82) is 0 Å². The lowest BCUT2D eigenvalue weighted by Gasteiger charge is -2.17. The fourth-order valence-electron chi connectivity index (χ4n) is 2.16. The molecule has 5 heteroatoms. The number of rotatable bonds is 6. The van der Waals surface area contributed by atoms with E-state index >= 15 is 0 Å². The van der Waals surface area contributed by atoms with Gasteiger partial charge in [0.1, 0.15) is 0 Å². The summed E-state index contributed by atoms with van der Waals surface area (Å²) in [4.78, 5) is 24.1. The smallest absolute Gasteiger partial charge is 0.374 e. The molecule has 0 unspecified atom stereocenters. The van der Waals surface area contributed by atoms with E-state index in [1.807, 2.05) is 24.3 Å². The van der Waals surface area contributed by atoms with Gasteiger partial charge in [-0.1, -0.05) is 32.0 Å². The first-order chi connectivity index (χ1) is 11.0. The van der Waals surface area contributed by atoms with E-state index < -0.39 is 12.1 Å². The number of benzene rings is 1. The third-order valence-electron chi connectivity index (χ3n) is 3.74. The van der Waals surface area contributed by atoms with E-state index in [0.29, 0.717) is 5.92 Å². The number of anilines is 1. The molecular formula is C18H21NO4. The van der Waals surface area contributed by atoms with E-state index in [1.165, 1.54) is 19.3 Å². The average Bonchev–Trinajstić information content (AvgIpc) is 3.09. The maximum atomic E-state index is 12.3. The number of esters is 1. The second kappa shape index (κ2) is 7.63. The van der Waals surface area contributed by atoms with Gasteiger partial charge in [0.2, 0.25) is 5.76 Å². The van der Waals surface area contributed by atoms with Gasteiger partial charge in [0.05, 0.1) is 6.26 Å². The maximum Gasteiger partial charge on any atom is 0.374 e. The Morgan fingerprint density at radius 1 is 1.17 bits per heavy atom. The van der Waals surface area contributed by atoms with Crippen molar-refractivity contribution in [2.75, 3.05) is 5.32 Å².